The van der Waals surface area contributed by atoms with Crippen LogP contribution in [0.15, 0.2) is 36.4 Å². The van der Waals surface area contributed by atoms with Gasteiger partial charge >= 0.3 is 18.5 Å². The number of halogens is 12. The summed E-state index contributed by atoms with van der Waals surface area (Å²) in [7, 11) is 0. The average molecular weight is 550 g/mol. The molecule has 0 aromatic heterocycles. The van der Waals surface area contributed by atoms with E-state index in [4.69, 9.17) is 11.5 Å². The first kappa shape index (κ1) is 27.6. The molecule has 0 atom stereocenters. The molecule has 0 amide bonds. The maximum Gasteiger partial charge on any atom is 0.420 e. The lowest BCUT2D eigenvalue weighted by molar-refractivity contribution is -0.140. The molecule has 0 unspecified atom stereocenters. The first-order valence-electron chi connectivity index (χ1n) is 9.39. The zero-order chi connectivity index (χ0) is 28.1. The fourth-order valence-corrected chi connectivity index (χ4v) is 2.93. The highest BCUT2D eigenvalue weighted by Crippen LogP contribution is 2.48. The van der Waals surface area contributed by atoms with Crippen molar-refractivity contribution in [1.29, 1.82) is 0 Å². The van der Waals surface area contributed by atoms with Crippen molar-refractivity contribution in [2.75, 3.05) is 11.5 Å². The van der Waals surface area contributed by atoms with Crippen molar-refractivity contribution in [2.24, 2.45) is 0 Å². The predicted molar refractivity (Wildman–Crippen MR) is 103 cm³/mol. The lowest BCUT2D eigenvalue weighted by Crippen LogP contribution is -2.13. The minimum absolute atomic E-state index is 0.135. The smallest absolute Gasteiger partial charge is 0.420 e. The van der Waals surface area contributed by atoms with Gasteiger partial charge in [-0.15, -0.1) is 0 Å². The van der Waals surface area contributed by atoms with Crippen LogP contribution >= 0.6 is 0 Å². The van der Waals surface area contributed by atoms with Crippen LogP contribution < -0.4 is 20.9 Å². The van der Waals surface area contributed by atoms with E-state index >= 15 is 0 Å². The van der Waals surface area contributed by atoms with Gasteiger partial charge in [0.1, 0.15) is 22.4 Å². The Balaban J connectivity index is 2.25. The molecule has 3 rings (SSSR count). The second-order valence-electron chi connectivity index (χ2n) is 7.17. The van der Waals surface area contributed by atoms with E-state index in [0.717, 1.165) is 0 Å². The lowest BCUT2D eigenvalue weighted by atomic mass is 10.1. The van der Waals surface area contributed by atoms with Gasteiger partial charge in [-0.25, -0.2) is 13.2 Å². The molecule has 0 aliphatic rings. The Morgan fingerprint density at radius 1 is 0.514 bits per heavy atom. The van der Waals surface area contributed by atoms with Gasteiger partial charge in [0.05, 0.1) is 11.4 Å². The average Bonchev–Trinajstić information content (AvgIpc) is 2.74. The van der Waals surface area contributed by atoms with Crippen molar-refractivity contribution in [2.45, 2.75) is 18.5 Å². The van der Waals surface area contributed by atoms with E-state index in [1.165, 1.54) is 0 Å². The highest BCUT2D eigenvalue weighted by Gasteiger charge is 2.41. The van der Waals surface area contributed by atoms with E-state index in [1.54, 1.807) is 0 Å². The summed E-state index contributed by atoms with van der Waals surface area (Å²) in [5.74, 6) is -12.8. The van der Waals surface area contributed by atoms with Gasteiger partial charge in [-0.2, -0.15) is 39.5 Å². The highest BCUT2D eigenvalue weighted by atomic mass is 19.4. The molecule has 0 spiro atoms. The molecular formula is C21H10F12N2O2. The Bertz CT molecular complexity index is 1350. The van der Waals surface area contributed by atoms with Crippen molar-refractivity contribution < 1.29 is 62.2 Å². The molecule has 16 heteroatoms. The maximum atomic E-state index is 14.5. The standard InChI is InChI=1S/C21H10F12N2O2/c22-10-5-9(21(31,32)33)13(36-17-7(19(25,26)27)1-3-11(34)15(17)23)6-14(10)37-18-8(20(28,29)30)2-4-12(35)16(18)24/h1-6H,34-35H2. The molecule has 3 aromatic rings. The number of benzene rings is 3. The van der Waals surface area contributed by atoms with Crippen LogP contribution in [0.25, 0.3) is 0 Å². The van der Waals surface area contributed by atoms with Gasteiger partial charge in [-0.1, -0.05) is 0 Å². The minimum atomic E-state index is -5.54. The van der Waals surface area contributed by atoms with Crippen LogP contribution in [-0.2, 0) is 18.5 Å². The summed E-state index contributed by atoms with van der Waals surface area (Å²) in [6.45, 7) is 0. The second-order valence-corrected chi connectivity index (χ2v) is 7.17. The number of anilines is 2. The van der Waals surface area contributed by atoms with Crippen molar-refractivity contribution in [3.63, 3.8) is 0 Å². The molecule has 0 saturated heterocycles. The van der Waals surface area contributed by atoms with E-state index in [9.17, 15) is 52.7 Å². The van der Waals surface area contributed by atoms with Crippen molar-refractivity contribution in [3.8, 4) is 23.0 Å². The van der Waals surface area contributed by atoms with Crippen molar-refractivity contribution in [1.82, 2.24) is 0 Å². The third kappa shape index (κ3) is 5.56. The Hall–Kier alpha value is -3.98. The molecule has 0 heterocycles. The van der Waals surface area contributed by atoms with Crippen LogP contribution in [0.3, 0.4) is 0 Å². The molecule has 0 saturated carbocycles. The summed E-state index contributed by atoms with van der Waals surface area (Å²) < 4.78 is 172. The number of hydrogen-bond donors (Lipinski definition) is 2. The maximum absolute atomic E-state index is 14.5. The van der Waals surface area contributed by atoms with Gasteiger partial charge in [-0.05, 0) is 30.3 Å². The Morgan fingerprint density at radius 2 is 0.892 bits per heavy atom. The van der Waals surface area contributed by atoms with E-state index < -0.39 is 93.1 Å². The van der Waals surface area contributed by atoms with Crippen molar-refractivity contribution in [3.05, 3.63) is 70.5 Å². The number of nitrogen functional groups attached to an aromatic ring is 2. The van der Waals surface area contributed by atoms with Gasteiger partial charge in [0, 0.05) is 6.07 Å². The van der Waals surface area contributed by atoms with Crippen LogP contribution in [0.1, 0.15) is 16.7 Å². The Morgan fingerprint density at radius 3 is 1.27 bits per heavy atom. The molecule has 4 N–H and O–H groups in total. The molecule has 0 aliphatic carbocycles. The topological polar surface area (TPSA) is 70.5 Å². The minimum Gasteiger partial charge on any atom is -0.453 e. The number of nitrogens with two attached hydrogens (primary N) is 2. The molecule has 3 aromatic carbocycles. The number of rotatable bonds is 4. The van der Waals surface area contributed by atoms with Crippen LogP contribution in [0.4, 0.5) is 64.1 Å². The highest BCUT2D eigenvalue weighted by molar-refractivity contribution is 5.56. The monoisotopic (exact) mass is 550 g/mol. The van der Waals surface area contributed by atoms with Crippen LogP contribution in [0.5, 0.6) is 23.0 Å². The number of ether oxygens (including phenoxy) is 2. The Kier molecular flexibility index (Phi) is 6.83. The summed E-state index contributed by atoms with van der Waals surface area (Å²) in [6.07, 6.45) is -16.2. The first-order chi connectivity index (χ1) is 16.8. The summed E-state index contributed by atoms with van der Waals surface area (Å²) in [6, 6.07) is 0.772. The van der Waals surface area contributed by atoms with Crippen LogP contribution in [0, 0.1) is 17.5 Å². The zero-order valence-corrected chi connectivity index (χ0v) is 17.5. The molecule has 37 heavy (non-hydrogen) atoms. The third-order valence-corrected chi connectivity index (χ3v) is 4.63. The number of alkyl halides is 9. The largest absolute Gasteiger partial charge is 0.453 e. The van der Waals surface area contributed by atoms with E-state index in [-0.39, 0.29) is 18.2 Å². The third-order valence-electron chi connectivity index (χ3n) is 4.63. The predicted octanol–water partition coefficient (Wildman–Crippen LogP) is 7.91. The summed E-state index contributed by atoms with van der Waals surface area (Å²) in [5.41, 5.74) is 2.53. The van der Waals surface area contributed by atoms with Crippen LogP contribution in [0.2, 0.25) is 0 Å². The SMILES string of the molecule is Nc1ccc(C(F)(F)F)c(Oc2cc(Oc3c(C(F)(F)F)ccc(N)c3F)c(C(F)(F)F)cc2F)c1F. The summed E-state index contributed by atoms with van der Waals surface area (Å²) in [5, 5.41) is 0. The first-order valence-corrected chi connectivity index (χ1v) is 9.39. The zero-order valence-electron chi connectivity index (χ0n) is 17.5. The lowest BCUT2D eigenvalue weighted by Gasteiger charge is -2.20. The quantitative estimate of drug-likeness (QED) is 0.256. The normalized spacial score (nSPS) is 12.5. The van der Waals surface area contributed by atoms with Crippen molar-refractivity contribution >= 4 is 11.4 Å². The van der Waals surface area contributed by atoms with Gasteiger partial charge < -0.3 is 20.9 Å². The molecule has 0 fully saturated rings. The number of hydrogen-bond acceptors (Lipinski definition) is 4. The molecule has 0 aliphatic heterocycles. The molecular weight excluding hydrogens is 540 g/mol. The fraction of sp³-hybridized carbons (Fsp3) is 0.143. The Labute approximate surface area is 198 Å². The van der Waals surface area contributed by atoms with Crippen LogP contribution in [-0.4, -0.2) is 0 Å². The fourth-order valence-electron chi connectivity index (χ4n) is 2.93. The van der Waals surface area contributed by atoms with E-state index in [1.807, 2.05) is 0 Å². The van der Waals surface area contributed by atoms with Gasteiger partial charge in [0.15, 0.2) is 34.7 Å². The molecule has 200 valence electrons. The second kappa shape index (κ2) is 9.15. The molecule has 0 bridgehead atoms. The van der Waals surface area contributed by atoms with Gasteiger partial charge in [0.2, 0.25) is 0 Å². The summed E-state index contributed by atoms with van der Waals surface area (Å²) in [4.78, 5) is 0. The van der Waals surface area contributed by atoms with E-state index in [2.05, 4.69) is 9.47 Å². The molecule has 4 nitrogen and oxygen atoms in total. The molecule has 0 radical (unpaired) electrons. The van der Waals surface area contributed by atoms with Gasteiger partial charge in [-0.3, -0.25) is 0 Å². The summed E-state index contributed by atoms with van der Waals surface area (Å²) >= 11 is 0. The van der Waals surface area contributed by atoms with Gasteiger partial charge in [0.25, 0.3) is 0 Å². The van der Waals surface area contributed by atoms with E-state index in [0.29, 0.717) is 12.1 Å².